The van der Waals surface area contributed by atoms with Gasteiger partial charge in [-0.05, 0) is 85.3 Å². The van der Waals surface area contributed by atoms with Crippen LogP contribution in [-0.2, 0) is 10.2 Å². The fourth-order valence-corrected chi connectivity index (χ4v) is 4.29. The first-order valence-electron chi connectivity index (χ1n) is 11.2. The third kappa shape index (κ3) is 3.93. The van der Waals surface area contributed by atoms with E-state index in [1.54, 1.807) is 0 Å². The number of anilines is 1. The monoisotopic (exact) mass is 442 g/mol. The van der Waals surface area contributed by atoms with Gasteiger partial charge in [-0.25, -0.2) is 0 Å². The van der Waals surface area contributed by atoms with Crippen LogP contribution < -0.4 is 20.1 Å². The average molecular weight is 443 g/mol. The lowest BCUT2D eigenvalue weighted by atomic mass is 9.94. The Bertz CT molecular complexity index is 1230. The molecular formula is C27H26N2O4. The number of benzene rings is 3. The summed E-state index contributed by atoms with van der Waals surface area (Å²) in [5.74, 6) is 1.32. The Hall–Kier alpha value is -3.80. The van der Waals surface area contributed by atoms with E-state index < -0.39 is 5.41 Å². The van der Waals surface area contributed by atoms with E-state index in [-0.39, 0.29) is 18.6 Å². The predicted molar refractivity (Wildman–Crippen MR) is 127 cm³/mol. The molecule has 0 bridgehead atoms. The third-order valence-electron chi connectivity index (χ3n) is 6.40. The minimum Gasteiger partial charge on any atom is -0.454 e. The molecule has 0 aromatic heterocycles. The predicted octanol–water partition coefficient (Wildman–Crippen LogP) is 4.81. The number of fused-ring (bicyclic) bond motifs is 1. The zero-order chi connectivity index (χ0) is 23.0. The van der Waals surface area contributed by atoms with Gasteiger partial charge in [0.15, 0.2) is 11.5 Å². The molecule has 33 heavy (non-hydrogen) atoms. The van der Waals surface area contributed by atoms with Gasteiger partial charge in [0.2, 0.25) is 12.7 Å². The fourth-order valence-electron chi connectivity index (χ4n) is 4.29. The summed E-state index contributed by atoms with van der Waals surface area (Å²) in [4.78, 5) is 25.3. The zero-order valence-electron chi connectivity index (χ0n) is 18.7. The molecule has 2 N–H and O–H groups in total. The van der Waals surface area contributed by atoms with Crippen molar-refractivity contribution in [3.8, 4) is 22.6 Å². The average Bonchev–Trinajstić information content (AvgIpc) is 3.51. The summed E-state index contributed by atoms with van der Waals surface area (Å²) in [7, 11) is 0. The second-order valence-electron chi connectivity index (χ2n) is 8.57. The topological polar surface area (TPSA) is 76.7 Å². The van der Waals surface area contributed by atoms with Gasteiger partial charge < -0.3 is 20.1 Å². The van der Waals surface area contributed by atoms with Crippen molar-refractivity contribution >= 4 is 17.5 Å². The van der Waals surface area contributed by atoms with Crippen LogP contribution in [0.5, 0.6) is 11.5 Å². The lowest BCUT2D eigenvalue weighted by Gasteiger charge is -2.17. The number of carbonyl (C=O) groups is 2. The summed E-state index contributed by atoms with van der Waals surface area (Å²) in [5, 5.41) is 5.93. The molecule has 3 aromatic carbocycles. The normalized spacial score (nSPS) is 15.1. The molecule has 3 aromatic rings. The molecule has 0 unspecified atom stereocenters. The van der Waals surface area contributed by atoms with Crippen molar-refractivity contribution < 1.29 is 19.1 Å². The van der Waals surface area contributed by atoms with E-state index >= 15 is 0 Å². The molecule has 5 rings (SSSR count). The number of amides is 2. The summed E-state index contributed by atoms with van der Waals surface area (Å²) < 4.78 is 10.9. The molecule has 0 atom stereocenters. The molecule has 2 amide bonds. The number of nitrogens with one attached hydrogen (secondary N) is 2. The van der Waals surface area contributed by atoms with E-state index in [2.05, 4.69) is 10.6 Å². The van der Waals surface area contributed by atoms with Crippen molar-refractivity contribution in [2.75, 3.05) is 18.7 Å². The SMILES string of the molecule is CCNC(=O)c1ccc(-c2cc(NC(=O)C3(c4ccc5c(c4)OCO5)CC3)ccc2C)cc1. The molecule has 0 radical (unpaired) electrons. The highest BCUT2D eigenvalue weighted by Gasteiger charge is 2.51. The Morgan fingerprint density at radius 1 is 0.939 bits per heavy atom. The first-order valence-corrected chi connectivity index (χ1v) is 11.2. The Morgan fingerprint density at radius 2 is 1.70 bits per heavy atom. The molecule has 0 spiro atoms. The van der Waals surface area contributed by atoms with Crippen LogP contribution in [0.4, 0.5) is 5.69 Å². The Kier molecular flexibility index (Phi) is 5.29. The standard InChI is InChI=1S/C27H26N2O4/c1-3-28-25(30)19-7-5-18(6-8-19)22-15-21(10-4-17(22)2)29-26(31)27(12-13-27)20-9-11-23-24(14-20)33-16-32-23/h4-11,14-15H,3,12-13,16H2,1-2H3,(H,28,30)(H,29,31). The van der Waals surface area contributed by atoms with E-state index in [1.165, 1.54) is 0 Å². The number of hydrogen-bond acceptors (Lipinski definition) is 4. The largest absolute Gasteiger partial charge is 0.454 e. The Labute approximate surface area is 192 Å². The van der Waals surface area contributed by atoms with Crippen molar-refractivity contribution in [2.24, 2.45) is 0 Å². The molecule has 1 fully saturated rings. The Balaban J connectivity index is 1.36. The highest BCUT2D eigenvalue weighted by atomic mass is 16.7. The van der Waals surface area contributed by atoms with Gasteiger partial charge in [0.25, 0.3) is 5.91 Å². The number of carbonyl (C=O) groups excluding carboxylic acids is 2. The molecule has 6 heteroatoms. The number of rotatable bonds is 6. The Morgan fingerprint density at radius 3 is 2.42 bits per heavy atom. The van der Waals surface area contributed by atoms with Crippen molar-refractivity contribution in [1.82, 2.24) is 5.32 Å². The maximum Gasteiger partial charge on any atom is 0.251 e. The maximum absolute atomic E-state index is 13.3. The van der Waals surface area contributed by atoms with E-state index in [0.717, 1.165) is 46.5 Å². The highest BCUT2D eigenvalue weighted by molar-refractivity contribution is 6.02. The summed E-state index contributed by atoms with van der Waals surface area (Å²) in [5.41, 5.74) is 4.91. The van der Waals surface area contributed by atoms with E-state index in [0.29, 0.717) is 17.9 Å². The van der Waals surface area contributed by atoms with Crippen LogP contribution >= 0.6 is 0 Å². The van der Waals surface area contributed by atoms with Gasteiger partial charge in [-0.1, -0.05) is 24.3 Å². The number of aryl methyl sites for hydroxylation is 1. The molecule has 1 heterocycles. The number of hydrogen-bond donors (Lipinski definition) is 2. The second kappa shape index (κ2) is 8.28. The summed E-state index contributed by atoms with van der Waals surface area (Å²) in [6.45, 7) is 4.74. The summed E-state index contributed by atoms with van der Waals surface area (Å²) in [6, 6.07) is 19.2. The molecule has 1 aliphatic heterocycles. The summed E-state index contributed by atoms with van der Waals surface area (Å²) >= 11 is 0. The molecular weight excluding hydrogens is 416 g/mol. The van der Waals surface area contributed by atoms with E-state index in [4.69, 9.17) is 9.47 Å². The van der Waals surface area contributed by atoms with Crippen LogP contribution in [0, 0.1) is 6.92 Å². The van der Waals surface area contributed by atoms with Gasteiger partial charge in [-0.15, -0.1) is 0 Å². The van der Waals surface area contributed by atoms with Gasteiger partial charge in [0.05, 0.1) is 5.41 Å². The van der Waals surface area contributed by atoms with Gasteiger partial charge in [-0.3, -0.25) is 9.59 Å². The first kappa shape index (κ1) is 21.1. The van der Waals surface area contributed by atoms with Crippen LogP contribution in [-0.4, -0.2) is 25.2 Å². The fraction of sp³-hybridized carbons (Fsp3) is 0.259. The van der Waals surface area contributed by atoms with Crippen molar-refractivity contribution in [2.45, 2.75) is 32.1 Å². The van der Waals surface area contributed by atoms with Crippen LogP contribution in [0.15, 0.2) is 60.7 Å². The van der Waals surface area contributed by atoms with Crippen molar-refractivity contribution in [3.05, 3.63) is 77.4 Å². The minimum absolute atomic E-state index is 0.0113. The van der Waals surface area contributed by atoms with Gasteiger partial charge >= 0.3 is 0 Å². The minimum atomic E-state index is -0.527. The van der Waals surface area contributed by atoms with Crippen LogP contribution in [0.1, 0.15) is 41.3 Å². The zero-order valence-corrected chi connectivity index (χ0v) is 18.7. The van der Waals surface area contributed by atoms with Gasteiger partial charge in [-0.2, -0.15) is 0 Å². The lowest BCUT2D eigenvalue weighted by molar-refractivity contribution is -0.118. The number of ether oxygens (including phenoxy) is 2. The molecule has 2 aliphatic rings. The summed E-state index contributed by atoms with van der Waals surface area (Å²) in [6.07, 6.45) is 1.61. The molecule has 1 saturated carbocycles. The van der Waals surface area contributed by atoms with Gasteiger partial charge in [0, 0.05) is 17.8 Å². The first-order chi connectivity index (χ1) is 16.0. The molecule has 168 valence electrons. The molecule has 6 nitrogen and oxygen atoms in total. The maximum atomic E-state index is 13.3. The third-order valence-corrected chi connectivity index (χ3v) is 6.40. The highest BCUT2D eigenvalue weighted by Crippen LogP contribution is 2.51. The lowest BCUT2D eigenvalue weighted by Crippen LogP contribution is -2.27. The molecule has 0 saturated heterocycles. The van der Waals surface area contributed by atoms with Crippen molar-refractivity contribution in [1.29, 1.82) is 0 Å². The van der Waals surface area contributed by atoms with E-state index in [9.17, 15) is 9.59 Å². The van der Waals surface area contributed by atoms with E-state index in [1.807, 2.05) is 74.5 Å². The van der Waals surface area contributed by atoms with Crippen LogP contribution in [0.3, 0.4) is 0 Å². The smallest absolute Gasteiger partial charge is 0.251 e. The van der Waals surface area contributed by atoms with Crippen LogP contribution in [0.25, 0.3) is 11.1 Å². The van der Waals surface area contributed by atoms with Crippen molar-refractivity contribution in [3.63, 3.8) is 0 Å². The second-order valence-corrected chi connectivity index (χ2v) is 8.57. The van der Waals surface area contributed by atoms with Gasteiger partial charge in [0.1, 0.15) is 0 Å². The quantitative estimate of drug-likeness (QED) is 0.574. The molecule has 1 aliphatic carbocycles. The van der Waals surface area contributed by atoms with Crippen LogP contribution in [0.2, 0.25) is 0 Å².